The van der Waals surface area contributed by atoms with Gasteiger partial charge in [0.05, 0.1) is 22.4 Å². The molecule has 0 bridgehead atoms. The molecule has 3 atom stereocenters. The lowest BCUT2D eigenvalue weighted by molar-refractivity contribution is -0.168. The van der Waals surface area contributed by atoms with Crippen molar-refractivity contribution in [2.75, 3.05) is 6.61 Å². The van der Waals surface area contributed by atoms with Crippen molar-refractivity contribution in [3.8, 4) is 10.7 Å². The quantitative estimate of drug-likeness (QED) is 0.255. The molecular weight excluding hydrogens is 598 g/mol. The van der Waals surface area contributed by atoms with Gasteiger partial charge in [0.1, 0.15) is 17.3 Å². The number of carbonyl (C=O) groups is 3. The van der Waals surface area contributed by atoms with Crippen LogP contribution in [0.15, 0.2) is 46.3 Å². The first kappa shape index (κ1) is 28.8. The lowest BCUT2D eigenvalue weighted by Crippen LogP contribution is -2.47. The molecule has 3 heterocycles. The van der Waals surface area contributed by atoms with Gasteiger partial charge < -0.3 is 18.9 Å². The number of hydrogen-bond acceptors (Lipinski definition) is 12. The fourth-order valence-electron chi connectivity index (χ4n) is 3.53. The van der Waals surface area contributed by atoms with Gasteiger partial charge in [0.2, 0.25) is 0 Å². The summed E-state index contributed by atoms with van der Waals surface area (Å²) in [4.78, 5) is 40.5. The minimum atomic E-state index is -1.20. The summed E-state index contributed by atoms with van der Waals surface area (Å²) in [5, 5.41) is 8.58. The van der Waals surface area contributed by atoms with E-state index in [0.717, 1.165) is 29.3 Å². The number of thioether (sulfide) groups is 1. The first-order chi connectivity index (χ1) is 18.5. The van der Waals surface area contributed by atoms with Gasteiger partial charge in [0.15, 0.2) is 34.2 Å². The Morgan fingerprint density at radius 1 is 1.15 bits per heavy atom. The summed E-state index contributed by atoms with van der Waals surface area (Å²) in [5.41, 5.74) is 0.217. The molecule has 1 aliphatic rings. The number of esters is 3. The highest BCUT2D eigenvalue weighted by Gasteiger charge is 2.47. The molecule has 16 heteroatoms. The van der Waals surface area contributed by atoms with Gasteiger partial charge in [-0.05, 0) is 30.0 Å². The maximum absolute atomic E-state index is 13.6. The third-order valence-electron chi connectivity index (χ3n) is 5.01. The predicted molar refractivity (Wildman–Crippen MR) is 138 cm³/mol. The Morgan fingerprint density at radius 3 is 2.54 bits per heavy atom. The number of halogens is 3. The second kappa shape index (κ2) is 12.3. The zero-order valence-corrected chi connectivity index (χ0v) is 23.6. The molecule has 0 aliphatic carbocycles. The van der Waals surface area contributed by atoms with Crippen LogP contribution in [0.4, 0.5) is 4.39 Å². The zero-order chi connectivity index (χ0) is 28.3. The highest BCUT2D eigenvalue weighted by Crippen LogP contribution is 2.44. The number of carbonyl (C=O) groups excluding carboxylic acids is 3. The normalized spacial score (nSPS) is 18.9. The standard InChI is InChI=1S/C23H19Cl2FN4O7S2/c1-10(31)34-9-17-20(35-11(2)32)19(30-8-16(28-29-30)22-27-7-18(26)39-22)21(36-12(3)33)23(37-17)38-13-4-5-14(24)15(25)6-13/h4-8,17,19-20H,9H2,1-3H3/t17?,19?,20-/m0/s1. The third-order valence-corrected chi connectivity index (χ3v) is 7.53. The molecule has 0 amide bonds. The van der Waals surface area contributed by atoms with E-state index in [2.05, 4.69) is 15.3 Å². The van der Waals surface area contributed by atoms with Crippen LogP contribution in [0.1, 0.15) is 26.8 Å². The number of thiazole rings is 1. The number of rotatable bonds is 8. The molecule has 11 nitrogen and oxygen atoms in total. The first-order valence-electron chi connectivity index (χ1n) is 11.1. The van der Waals surface area contributed by atoms with E-state index in [0.29, 0.717) is 9.92 Å². The van der Waals surface area contributed by atoms with Crippen molar-refractivity contribution in [2.45, 2.75) is 43.9 Å². The molecule has 0 saturated heterocycles. The van der Waals surface area contributed by atoms with Gasteiger partial charge >= 0.3 is 17.9 Å². The zero-order valence-electron chi connectivity index (χ0n) is 20.4. The van der Waals surface area contributed by atoms with E-state index in [-0.39, 0.29) is 33.2 Å². The summed E-state index contributed by atoms with van der Waals surface area (Å²) in [6.45, 7) is 3.26. The van der Waals surface area contributed by atoms with Crippen LogP contribution in [0, 0.1) is 5.13 Å². The molecule has 3 aromatic rings. The largest absolute Gasteiger partial charge is 0.473 e. The second-order valence-electron chi connectivity index (χ2n) is 7.95. The molecule has 1 aliphatic heterocycles. The van der Waals surface area contributed by atoms with Crippen LogP contribution in [0.2, 0.25) is 10.0 Å². The molecule has 0 fully saturated rings. The highest BCUT2D eigenvalue weighted by molar-refractivity contribution is 8.03. The van der Waals surface area contributed by atoms with Gasteiger partial charge in [-0.3, -0.25) is 14.4 Å². The fourth-order valence-corrected chi connectivity index (χ4v) is 5.45. The van der Waals surface area contributed by atoms with Crippen LogP contribution in [0.25, 0.3) is 10.7 Å². The Balaban J connectivity index is 1.86. The Labute approximate surface area is 239 Å². The van der Waals surface area contributed by atoms with Gasteiger partial charge in [0, 0.05) is 25.7 Å². The molecule has 2 aromatic heterocycles. The van der Waals surface area contributed by atoms with Crippen molar-refractivity contribution < 1.29 is 37.7 Å². The number of nitrogens with zero attached hydrogens (tertiary/aromatic N) is 4. The average Bonchev–Trinajstić information content (AvgIpc) is 3.50. The molecule has 0 N–H and O–H groups in total. The topological polar surface area (TPSA) is 132 Å². The minimum Gasteiger partial charge on any atom is -0.473 e. The summed E-state index contributed by atoms with van der Waals surface area (Å²) in [7, 11) is 0. The molecule has 0 saturated carbocycles. The van der Waals surface area contributed by atoms with Crippen molar-refractivity contribution in [3.05, 3.63) is 56.6 Å². The number of hydrogen-bond donors (Lipinski definition) is 0. The van der Waals surface area contributed by atoms with E-state index in [9.17, 15) is 18.8 Å². The number of ether oxygens (including phenoxy) is 4. The van der Waals surface area contributed by atoms with Crippen LogP contribution >= 0.6 is 46.3 Å². The van der Waals surface area contributed by atoms with Gasteiger partial charge in [-0.1, -0.05) is 39.8 Å². The van der Waals surface area contributed by atoms with E-state index in [4.69, 9.17) is 42.1 Å². The van der Waals surface area contributed by atoms with Crippen LogP contribution in [-0.4, -0.2) is 56.7 Å². The molecule has 1 aromatic carbocycles. The first-order valence-corrected chi connectivity index (χ1v) is 13.5. The molecule has 39 heavy (non-hydrogen) atoms. The summed E-state index contributed by atoms with van der Waals surface area (Å²) in [6.07, 6.45) is 0.216. The molecule has 206 valence electrons. The van der Waals surface area contributed by atoms with Crippen molar-refractivity contribution in [1.82, 2.24) is 20.0 Å². The molecular formula is C23H19Cl2FN4O7S2. The second-order valence-corrected chi connectivity index (χ2v) is 10.8. The predicted octanol–water partition coefficient (Wildman–Crippen LogP) is 4.81. The van der Waals surface area contributed by atoms with Crippen molar-refractivity contribution >= 4 is 64.2 Å². The highest BCUT2D eigenvalue weighted by atomic mass is 35.5. The summed E-state index contributed by atoms with van der Waals surface area (Å²) < 4.78 is 37.3. The fraction of sp³-hybridized carbons (Fsp3) is 0.304. The average molecular weight is 617 g/mol. The molecule has 0 spiro atoms. The Hall–Kier alpha value is -3.20. The summed E-state index contributed by atoms with van der Waals surface area (Å²) >= 11 is 14.0. The number of benzene rings is 1. The lowest BCUT2D eigenvalue weighted by Gasteiger charge is -2.38. The van der Waals surface area contributed by atoms with E-state index in [1.807, 2.05) is 0 Å². The molecule has 0 radical (unpaired) electrons. The van der Waals surface area contributed by atoms with E-state index in [1.54, 1.807) is 18.2 Å². The van der Waals surface area contributed by atoms with E-state index < -0.39 is 41.3 Å². The van der Waals surface area contributed by atoms with Crippen LogP contribution < -0.4 is 0 Å². The van der Waals surface area contributed by atoms with E-state index >= 15 is 0 Å². The number of aromatic nitrogens is 4. The van der Waals surface area contributed by atoms with Crippen molar-refractivity contribution in [1.29, 1.82) is 0 Å². The van der Waals surface area contributed by atoms with Gasteiger partial charge in [-0.25, -0.2) is 9.67 Å². The lowest BCUT2D eigenvalue weighted by atomic mass is 10.0. The van der Waals surface area contributed by atoms with E-state index in [1.165, 1.54) is 31.6 Å². The van der Waals surface area contributed by atoms with Crippen LogP contribution in [0.5, 0.6) is 0 Å². The van der Waals surface area contributed by atoms with Gasteiger partial charge in [-0.15, -0.1) is 5.10 Å². The monoisotopic (exact) mass is 616 g/mol. The smallest absolute Gasteiger partial charge is 0.307 e. The SMILES string of the molecule is CC(=O)OCC1OC(Sc2ccc(Cl)c(Cl)c2)=C(OC(C)=O)C(n2cc(-c3ncc(F)s3)nn2)[C@H]1OC(C)=O. The minimum absolute atomic E-state index is 0.0642. The maximum Gasteiger partial charge on any atom is 0.307 e. The van der Waals surface area contributed by atoms with Crippen LogP contribution in [-0.2, 0) is 33.3 Å². The van der Waals surface area contributed by atoms with Gasteiger partial charge in [-0.2, -0.15) is 4.39 Å². The molecule has 4 rings (SSSR count). The summed E-state index contributed by atoms with van der Waals surface area (Å²) in [5.74, 6) is -2.05. The Kier molecular flexibility index (Phi) is 9.10. The van der Waals surface area contributed by atoms with Gasteiger partial charge in [0.25, 0.3) is 0 Å². The Bertz CT molecular complexity index is 1450. The van der Waals surface area contributed by atoms with Crippen molar-refractivity contribution in [2.24, 2.45) is 0 Å². The summed E-state index contributed by atoms with van der Waals surface area (Å²) in [6, 6.07) is 3.70. The van der Waals surface area contributed by atoms with Crippen molar-refractivity contribution in [3.63, 3.8) is 0 Å². The molecule has 2 unspecified atom stereocenters. The maximum atomic E-state index is 13.6. The Morgan fingerprint density at radius 2 is 1.92 bits per heavy atom. The van der Waals surface area contributed by atoms with Crippen LogP contribution in [0.3, 0.4) is 0 Å². The third kappa shape index (κ3) is 7.06.